The van der Waals surface area contributed by atoms with Crippen LogP contribution in [0.4, 0.5) is 4.39 Å². The number of rotatable bonds is 3. The molecule has 1 heterocycles. The van der Waals surface area contributed by atoms with Crippen molar-refractivity contribution in [2.24, 2.45) is 5.73 Å². The second-order valence-electron chi connectivity index (χ2n) is 4.43. The zero-order valence-electron chi connectivity index (χ0n) is 10.3. The molecule has 0 aromatic heterocycles. The van der Waals surface area contributed by atoms with Crippen molar-refractivity contribution in [2.45, 2.75) is 0 Å². The number of benzene rings is 1. The van der Waals surface area contributed by atoms with Crippen LogP contribution in [0, 0.1) is 5.82 Å². The fourth-order valence-electron chi connectivity index (χ4n) is 2.16. The molecule has 1 aliphatic rings. The largest absolute Gasteiger partial charge is 0.336 e. The van der Waals surface area contributed by atoms with E-state index in [0.29, 0.717) is 25.2 Å². The van der Waals surface area contributed by atoms with E-state index in [1.165, 1.54) is 12.1 Å². The third-order valence-electron chi connectivity index (χ3n) is 3.18. The maximum atomic E-state index is 13.1. The maximum absolute atomic E-state index is 13.1. The summed E-state index contributed by atoms with van der Waals surface area (Å²) in [6.45, 7) is 4.51. The Morgan fingerprint density at radius 3 is 2.61 bits per heavy atom. The van der Waals surface area contributed by atoms with Gasteiger partial charge in [-0.3, -0.25) is 9.69 Å². The number of carbonyl (C=O) groups is 1. The first kappa shape index (κ1) is 13.0. The first-order valence-electron chi connectivity index (χ1n) is 6.18. The van der Waals surface area contributed by atoms with E-state index in [0.717, 1.165) is 19.6 Å². The molecule has 18 heavy (non-hydrogen) atoms. The summed E-state index contributed by atoms with van der Waals surface area (Å²) in [5, 5.41) is 0. The van der Waals surface area contributed by atoms with Gasteiger partial charge in [-0.1, -0.05) is 6.07 Å². The fraction of sp³-hybridized carbons (Fsp3) is 0.462. The number of nitrogens with zero attached hydrogens (tertiary/aromatic N) is 2. The topological polar surface area (TPSA) is 49.6 Å². The number of halogens is 1. The van der Waals surface area contributed by atoms with Gasteiger partial charge >= 0.3 is 0 Å². The minimum atomic E-state index is -0.373. The molecule has 0 atom stereocenters. The molecule has 0 saturated carbocycles. The van der Waals surface area contributed by atoms with E-state index >= 15 is 0 Å². The van der Waals surface area contributed by atoms with Gasteiger partial charge in [0.2, 0.25) is 0 Å². The van der Waals surface area contributed by atoms with Gasteiger partial charge in [-0.25, -0.2) is 4.39 Å². The van der Waals surface area contributed by atoms with Gasteiger partial charge in [-0.05, 0) is 18.2 Å². The Labute approximate surface area is 106 Å². The minimum absolute atomic E-state index is 0.0955. The Morgan fingerprint density at radius 1 is 1.28 bits per heavy atom. The van der Waals surface area contributed by atoms with E-state index in [9.17, 15) is 9.18 Å². The third-order valence-corrected chi connectivity index (χ3v) is 3.18. The van der Waals surface area contributed by atoms with Crippen LogP contribution in [0.25, 0.3) is 0 Å². The lowest BCUT2D eigenvalue weighted by Gasteiger charge is -2.34. The fourth-order valence-corrected chi connectivity index (χ4v) is 2.16. The molecule has 4 nitrogen and oxygen atoms in total. The van der Waals surface area contributed by atoms with Gasteiger partial charge in [0.05, 0.1) is 0 Å². The molecule has 0 aliphatic carbocycles. The van der Waals surface area contributed by atoms with Gasteiger partial charge in [0.1, 0.15) is 5.82 Å². The van der Waals surface area contributed by atoms with Crippen molar-refractivity contribution in [3.8, 4) is 0 Å². The van der Waals surface area contributed by atoms with E-state index in [1.54, 1.807) is 17.0 Å². The Hall–Kier alpha value is -1.46. The lowest BCUT2D eigenvalue weighted by Crippen LogP contribution is -2.49. The standard InChI is InChI=1S/C13H18FN3O/c14-12-3-1-2-11(10-12)13(18)17-8-6-16(5-4-15)7-9-17/h1-3,10H,4-9,15H2. The van der Waals surface area contributed by atoms with Gasteiger partial charge < -0.3 is 10.6 Å². The summed E-state index contributed by atoms with van der Waals surface area (Å²) in [7, 11) is 0. The molecule has 1 amide bonds. The number of hydrogen-bond acceptors (Lipinski definition) is 3. The van der Waals surface area contributed by atoms with Crippen LogP contribution in [-0.4, -0.2) is 55.0 Å². The van der Waals surface area contributed by atoms with E-state index in [2.05, 4.69) is 4.90 Å². The van der Waals surface area contributed by atoms with Gasteiger partial charge in [-0.2, -0.15) is 0 Å². The first-order valence-corrected chi connectivity index (χ1v) is 6.18. The Bertz CT molecular complexity index is 416. The number of hydrogen-bond donors (Lipinski definition) is 1. The average Bonchev–Trinajstić information content (AvgIpc) is 2.39. The highest BCUT2D eigenvalue weighted by Crippen LogP contribution is 2.10. The second-order valence-corrected chi connectivity index (χ2v) is 4.43. The van der Waals surface area contributed by atoms with Crippen molar-refractivity contribution in [1.29, 1.82) is 0 Å². The Kier molecular flexibility index (Phi) is 4.28. The molecule has 2 rings (SSSR count). The molecule has 0 radical (unpaired) electrons. The predicted octanol–water partition coefficient (Wildman–Crippen LogP) is 0.542. The van der Waals surface area contributed by atoms with Crippen molar-refractivity contribution < 1.29 is 9.18 Å². The number of carbonyl (C=O) groups excluding carboxylic acids is 1. The predicted molar refractivity (Wildman–Crippen MR) is 67.8 cm³/mol. The molecule has 0 bridgehead atoms. The summed E-state index contributed by atoms with van der Waals surface area (Å²) >= 11 is 0. The van der Waals surface area contributed by atoms with E-state index in [4.69, 9.17) is 5.73 Å². The molecule has 1 aliphatic heterocycles. The molecule has 0 unspecified atom stereocenters. The van der Waals surface area contributed by atoms with Crippen LogP contribution >= 0.6 is 0 Å². The quantitative estimate of drug-likeness (QED) is 0.853. The Morgan fingerprint density at radius 2 is 2.00 bits per heavy atom. The molecule has 2 N–H and O–H groups in total. The van der Waals surface area contributed by atoms with Crippen LogP contribution in [0.5, 0.6) is 0 Å². The second kappa shape index (κ2) is 5.93. The highest BCUT2D eigenvalue weighted by atomic mass is 19.1. The van der Waals surface area contributed by atoms with Crippen LogP contribution < -0.4 is 5.73 Å². The van der Waals surface area contributed by atoms with E-state index < -0.39 is 0 Å². The first-order chi connectivity index (χ1) is 8.70. The molecular weight excluding hydrogens is 233 g/mol. The summed E-state index contributed by atoms with van der Waals surface area (Å²) in [4.78, 5) is 16.1. The molecular formula is C13H18FN3O. The molecule has 1 saturated heterocycles. The van der Waals surface area contributed by atoms with Crippen LogP contribution in [0.2, 0.25) is 0 Å². The summed E-state index contributed by atoms with van der Waals surface area (Å²) in [6, 6.07) is 5.84. The summed E-state index contributed by atoms with van der Waals surface area (Å²) in [5.74, 6) is -0.468. The lowest BCUT2D eigenvalue weighted by molar-refractivity contribution is 0.0640. The monoisotopic (exact) mass is 251 g/mol. The number of nitrogens with two attached hydrogens (primary N) is 1. The van der Waals surface area contributed by atoms with Crippen LogP contribution in [-0.2, 0) is 0 Å². The van der Waals surface area contributed by atoms with Crippen LogP contribution in [0.3, 0.4) is 0 Å². The van der Waals surface area contributed by atoms with Crippen molar-refractivity contribution in [1.82, 2.24) is 9.80 Å². The minimum Gasteiger partial charge on any atom is -0.336 e. The number of piperazine rings is 1. The molecule has 1 aromatic rings. The molecule has 5 heteroatoms. The summed E-state index contributed by atoms with van der Waals surface area (Å²) in [6.07, 6.45) is 0. The zero-order valence-corrected chi connectivity index (χ0v) is 10.3. The smallest absolute Gasteiger partial charge is 0.254 e. The lowest BCUT2D eigenvalue weighted by atomic mass is 10.1. The van der Waals surface area contributed by atoms with Crippen molar-refractivity contribution >= 4 is 5.91 Å². The van der Waals surface area contributed by atoms with Crippen molar-refractivity contribution in [2.75, 3.05) is 39.3 Å². The average molecular weight is 251 g/mol. The van der Waals surface area contributed by atoms with E-state index in [1.807, 2.05) is 0 Å². The molecule has 98 valence electrons. The van der Waals surface area contributed by atoms with Gasteiger partial charge in [0.15, 0.2) is 0 Å². The van der Waals surface area contributed by atoms with Crippen LogP contribution in [0.15, 0.2) is 24.3 Å². The summed E-state index contributed by atoms with van der Waals surface area (Å²) < 4.78 is 13.1. The van der Waals surface area contributed by atoms with Gasteiger partial charge in [0, 0.05) is 44.8 Å². The molecule has 0 spiro atoms. The highest BCUT2D eigenvalue weighted by Gasteiger charge is 2.21. The SMILES string of the molecule is NCCN1CCN(C(=O)c2cccc(F)c2)CC1. The maximum Gasteiger partial charge on any atom is 0.254 e. The highest BCUT2D eigenvalue weighted by molar-refractivity contribution is 5.94. The molecule has 1 aromatic carbocycles. The van der Waals surface area contributed by atoms with Crippen molar-refractivity contribution in [3.05, 3.63) is 35.6 Å². The normalized spacial score (nSPS) is 16.9. The molecule has 1 fully saturated rings. The van der Waals surface area contributed by atoms with Gasteiger partial charge in [-0.15, -0.1) is 0 Å². The summed E-state index contributed by atoms with van der Waals surface area (Å²) in [5.41, 5.74) is 5.92. The van der Waals surface area contributed by atoms with Crippen LogP contribution in [0.1, 0.15) is 10.4 Å². The third kappa shape index (κ3) is 3.05. The van der Waals surface area contributed by atoms with Crippen molar-refractivity contribution in [3.63, 3.8) is 0 Å². The zero-order chi connectivity index (χ0) is 13.0. The van der Waals surface area contributed by atoms with Gasteiger partial charge in [0.25, 0.3) is 5.91 Å². The number of amides is 1. The van der Waals surface area contributed by atoms with E-state index in [-0.39, 0.29) is 11.7 Å². The Balaban J connectivity index is 1.95.